The normalized spacial score (nSPS) is 28.3. The van der Waals surface area contributed by atoms with E-state index >= 15 is 0 Å². The van der Waals surface area contributed by atoms with Gasteiger partial charge in [0.05, 0.1) is 5.39 Å². The quantitative estimate of drug-likeness (QED) is 0.519. The van der Waals surface area contributed by atoms with Gasteiger partial charge in [-0.05, 0) is 24.6 Å². The second kappa shape index (κ2) is 6.99. The molecule has 10 heteroatoms. The molecule has 0 radical (unpaired) electrons. The molecule has 0 aliphatic carbocycles. The van der Waals surface area contributed by atoms with Crippen molar-refractivity contribution < 1.29 is 28.8 Å². The van der Waals surface area contributed by atoms with Crippen LogP contribution in [0.2, 0.25) is 0 Å². The van der Waals surface area contributed by atoms with Crippen LogP contribution in [0.5, 0.6) is 0 Å². The summed E-state index contributed by atoms with van der Waals surface area (Å²) in [5.41, 5.74) is 4.21. The number of aliphatic hydroxyl groups is 3. The molecule has 0 bridgehead atoms. The van der Waals surface area contributed by atoms with E-state index in [-0.39, 0.29) is 16.9 Å². The Morgan fingerprint density at radius 3 is 2.69 bits per heavy atom. The maximum atomic E-state index is 13.0. The highest BCUT2D eigenvalue weighted by Crippen LogP contribution is 2.43. The van der Waals surface area contributed by atoms with E-state index in [0.29, 0.717) is 11.0 Å². The zero-order valence-electron chi connectivity index (χ0n) is 15.4. The summed E-state index contributed by atoms with van der Waals surface area (Å²) in [6, 6.07) is 6.87. The smallest absolute Gasteiger partial charge is 0.263 e. The van der Waals surface area contributed by atoms with Gasteiger partial charge in [0.2, 0.25) is 0 Å². The fraction of sp³-hybridized carbons (Fsp3) is 0.368. The van der Waals surface area contributed by atoms with Gasteiger partial charge in [-0.25, -0.2) is 18.7 Å². The van der Waals surface area contributed by atoms with E-state index in [9.17, 15) is 24.1 Å². The molecular weight excluding hydrogens is 386 g/mol. The van der Waals surface area contributed by atoms with Crippen molar-refractivity contribution in [2.24, 2.45) is 0 Å². The number of ether oxygens (including phenoxy) is 1. The average Bonchev–Trinajstić information content (AvgIpc) is 3.22. The Labute approximate surface area is 164 Å². The summed E-state index contributed by atoms with van der Waals surface area (Å²) < 4.78 is 33.3. The molecule has 1 fully saturated rings. The third kappa shape index (κ3) is 3.14. The SMILES string of the molecule is C[C@@]1(O)[C@@H]([C@@H](O)c2cccc(C(F)F)c2)O[C@@H](n2ccc3c(N)ncnc32)[C@@H]1O. The van der Waals surface area contributed by atoms with Gasteiger partial charge in [-0.1, -0.05) is 18.2 Å². The highest BCUT2D eigenvalue weighted by Gasteiger charge is 2.55. The van der Waals surface area contributed by atoms with Crippen LogP contribution in [0.25, 0.3) is 11.0 Å². The van der Waals surface area contributed by atoms with Crippen LogP contribution in [-0.4, -0.2) is 47.7 Å². The van der Waals surface area contributed by atoms with Gasteiger partial charge in [0.15, 0.2) is 6.23 Å². The highest BCUT2D eigenvalue weighted by molar-refractivity contribution is 5.86. The number of nitrogens with two attached hydrogens (primary N) is 1. The molecule has 1 aliphatic rings. The molecule has 3 heterocycles. The average molecular weight is 406 g/mol. The van der Waals surface area contributed by atoms with Crippen molar-refractivity contribution in [2.75, 3.05) is 5.73 Å². The Hall–Kier alpha value is -2.66. The zero-order valence-corrected chi connectivity index (χ0v) is 15.4. The molecule has 0 unspecified atom stereocenters. The number of alkyl halides is 2. The fourth-order valence-corrected chi connectivity index (χ4v) is 3.68. The third-order valence-corrected chi connectivity index (χ3v) is 5.34. The molecule has 2 aromatic heterocycles. The number of nitrogen functional groups attached to an aromatic ring is 1. The van der Waals surface area contributed by atoms with Crippen molar-refractivity contribution in [1.82, 2.24) is 14.5 Å². The predicted octanol–water partition coefficient (Wildman–Crippen LogP) is 1.69. The van der Waals surface area contributed by atoms with Crippen molar-refractivity contribution in [1.29, 1.82) is 0 Å². The molecule has 1 aliphatic heterocycles. The number of hydrogen-bond donors (Lipinski definition) is 4. The molecule has 154 valence electrons. The lowest BCUT2D eigenvalue weighted by molar-refractivity contribution is -0.115. The Kier molecular flexibility index (Phi) is 4.74. The third-order valence-electron chi connectivity index (χ3n) is 5.34. The molecule has 5 atom stereocenters. The highest BCUT2D eigenvalue weighted by atomic mass is 19.3. The van der Waals surface area contributed by atoms with Gasteiger partial charge in [-0.2, -0.15) is 0 Å². The van der Waals surface area contributed by atoms with Gasteiger partial charge in [0, 0.05) is 11.8 Å². The molecule has 1 aromatic carbocycles. The van der Waals surface area contributed by atoms with Gasteiger partial charge >= 0.3 is 0 Å². The Morgan fingerprint density at radius 2 is 1.97 bits per heavy atom. The number of aliphatic hydroxyl groups excluding tert-OH is 2. The summed E-state index contributed by atoms with van der Waals surface area (Å²) in [6.45, 7) is 1.32. The van der Waals surface area contributed by atoms with Crippen LogP contribution >= 0.6 is 0 Å². The molecule has 0 amide bonds. The van der Waals surface area contributed by atoms with Gasteiger partial charge in [0.25, 0.3) is 6.43 Å². The summed E-state index contributed by atoms with van der Waals surface area (Å²) in [5, 5.41) is 32.9. The molecule has 5 N–H and O–H groups in total. The van der Waals surface area contributed by atoms with Crippen LogP contribution in [0, 0.1) is 0 Å². The first-order valence-corrected chi connectivity index (χ1v) is 8.90. The van der Waals surface area contributed by atoms with E-state index in [2.05, 4.69) is 9.97 Å². The van der Waals surface area contributed by atoms with E-state index in [0.717, 1.165) is 6.07 Å². The molecule has 0 saturated carbocycles. The summed E-state index contributed by atoms with van der Waals surface area (Å²) in [4.78, 5) is 8.04. The second-order valence-corrected chi connectivity index (χ2v) is 7.25. The summed E-state index contributed by atoms with van der Waals surface area (Å²) in [7, 11) is 0. The number of hydrogen-bond acceptors (Lipinski definition) is 7. The lowest BCUT2D eigenvalue weighted by Crippen LogP contribution is -2.47. The standard InChI is InChI=1S/C19H20F2N4O4/c1-19(28)13(27)18(25-6-5-11-16(22)23-8-24-17(11)25)29-14(19)12(26)9-3-2-4-10(7-9)15(20)21/h2-8,12-15,18,26-28H,1H3,(H2,22,23,24)/t12-,13-,14+,18+,19-/m0/s1. The first-order chi connectivity index (χ1) is 13.7. The van der Waals surface area contributed by atoms with E-state index in [1.165, 1.54) is 36.0 Å². The second-order valence-electron chi connectivity index (χ2n) is 7.25. The lowest BCUT2D eigenvalue weighted by atomic mass is 9.88. The number of fused-ring (bicyclic) bond motifs is 1. The zero-order chi connectivity index (χ0) is 20.9. The Balaban J connectivity index is 1.69. The minimum atomic E-state index is -2.71. The number of halogens is 2. The molecule has 3 aromatic rings. The number of anilines is 1. The molecule has 4 rings (SSSR count). The maximum absolute atomic E-state index is 13.0. The molecule has 8 nitrogen and oxygen atoms in total. The molecule has 29 heavy (non-hydrogen) atoms. The number of rotatable bonds is 4. The monoisotopic (exact) mass is 406 g/mol. The van der Waals surface area contributed by atoms with Crippen LogP contribution in [0.4, 0.5) is 14.6 Å². The Morgan fingerprint density at radius 1 is 1.24 bits per heavy atom. The first-order valence-electron chi connectivity index (χ1n) is 8.90. The fourth-order valence-electron chi connectivity index (χ4n) is 3.68. The van der Waals surface area contributed by atoms with Crippen LogP contribution < -0.4 is 5.73 Å². The van der Waals surface area contributed by atoms with Crippen molar-refractivity contribution in [3.63, 3.8) is 0 Å². The summed E-state index contributed by atoms with van der Waals surface area (Å²) in [5.74, 6) is 0.244. The summed E-state index contributed by atoms with van der Waals surface area (Å²) in [6.07, 6.45) is -5.14. The van der Waals surface area contributed by atoms with Gasteiger partial charge < -0.3 is 30.4 Å². The number of benzene rings is 1. The van der Waals surface area contributed by atoms with Gasteiger partial charge in [-0.15, -0.1) is 0 Å². The summed E-state index contributed by atoms with van der Waals surface area (Å²) >= 11 is 0. The molecule has 0 spiro atoms. The first kappa shape index (κ1) is 19.6. The largest absolute Gasteiger partial charge is 0.386 e. The maximum Gasteiger partial charge on any atom is 0.263 e. The predicted molar refractivity (Wildman–Crippen MR) is 98.8 cm³/mol. The molecular formula is C19H20F2N4O4. The van der Waals surface area contributed by atoms with Crippen molar-refractivity contribution in [3.8, 4) is 0 Å². The topological polar surface area (TPSA) is 127 Å². The number of aromatic nitrogens is 3. The van der Waals surface area contributed by atoms with E-state index in [4.69, 9.17) is 10.5 Å². The van der Waals surface area contributed by atoms with Gasteiger partial charge in [0.1, 0.15) is 41.7 Å². The van der Waals surface area contributed by atoms with Crippen molar-refractivity contribution >= 4 is 16.9 Å². The van der Waals surface area contributed by atoms with Crippen LogP contribution in [0.3, 0.4) is 0 Å². The number of nitrogens with zero attached hydrogens (tertiary/aromatic N) is 3. The van der Waals surface area contributed by atoms with Crippen LogP contribution in [0.1, 0.15) is 36.8 Å². The van der Waals surface area contributed by atoms with E-state index < -0.39 is 36.6 Å². The minimum absolute atomic E-state index is 0.143. The van der Waals surface area contributed by atoms with E-state index in [1.807, 2.05) is 0 Å². The van der Waals surface area contributed by atoms with Crippen LogP contribution in [0.15, 0.2) is 42.9 Å². The van der Waals surface area contributed by atoms with Gasteiger partial charge in [-0.3, -0.25) is 0 Å². The van der Waals surface area contributed by atoms with Crippen LogP contribution in [-0.2, 0) is 4.74 Å². The van der Waals surface area contributed by atoms with Crippen molar-refractivity contribution in [3.05, 3.63) is 54.0 Å². The minimum Gasteiger partial charge on any atom is -0.386 e. The Bertz CT molecular complexity index is 1040. The van der Waals surface area contributed by atoms with E-state index in [1.54, 1.807) is 12.3 Å². The van der Waals surface area contributed by atoms with Crippen molar-refractivity contribution in [2.45, 2.75) is 43.5 Å². The molecule has 1 saturated heterocycles. The lowest BCUT2D eigenvalue weighted by Gasteiger charge is -2.29.